The van der Waals surface area contributed by atoms with Crippen LogP contribution in [0.1, 0.15) is 45.6 Å². The van der Waals surface area contributed by atoms with E-state index in [9.17, 15) is 4.79 Å². The third kappa shape index (κ3) is 10.1. The van der Waals surface area contributed by atoms with Gasteiger partial charge in [-0.1, -0.05) is 45.0 Å². The van der Waals surface area contributed by atoms with Crippen LogP contribution in [0.5, 0.6) is 11.6 Å². The Morgan fingerprint density at radius 1 is 1.16 bits per heavy atom. The molecular formula is C20H28N2O3. The first-order valence-corrected chi connectivity index (χ1v) is 8.40. The van der Waals surface area contributed by atoms with Crippen LogP contribution in [0.4, 0.5) is 0 Å². The number of nitrogens with two attached hydrogens (primary N) is 1. The van der Waals surface area contributed by atoms with Crippen molar-refractivity contribution in [2.24, 2.45) is 11.1 Å². The molecule has 5 nitrogen and oxygen atoms in total. The van der Waals surface area contributed by atoms with Crippen molar-refractivity contribution < 1.29 is 14.6 Å². The number of benzene rings is 1. The van der Waals surface area contributed by atoms with Gasteiger partial charge in [0.2, 0.25) is 5.88 Å². The number of carboxylic acids is 1. The molecule has 1 aromatic heterocycles. The number of carbonyl (C=O) groups is 1. The molecule has 0 saturated heterocycles. The molecule has 0 radical (unpaired) electrons. The van der Waals surface area contributed by atoms with Crippen molar-refractivity contribution in [3.05, 3.63) is 54.2 Å². The minimum Gasteiger partial charge on any atom is -0.481 e. The van der Waals surface area contributed by atoms with E-state index in [0.29, 0.717) is 18.8 Å². The van der Waals surface area contributed by atoms with E-state index in [1.807, 2.05) is 42.5 Å². The highest BCUT2D eigenvalue weighted by atomic mass is 16.5. The van der Waals surface area contributed by atoms with Gasteiger partial charge >= 0.3 is 5.97 Å². The average Bonchev–Trinajstić information content (AvgIpc) is 2.55. The lowest BCUT2D eigenvalue weighted by molar-refractivity contribution is -0.137. The monoisotopic (exact) mass is 344 g/mol. The molecule has 0 amide bonds. The van der Waals surface area contributed by atoms with Crippen molar-refractivity contribution >= 4 is 5.97 Å². The molecule has 1 heterocycles. The molecule has 0 spiro atoms. The SMILES string of the molecule is CC(C)(C)CCCC(=O)O.NCc1ccc(Oc2ccccc2)nc1. The maximum absolute atomic E-state index is 10.1. The van der Waals surface area contributed by atoms with Crippen molar-refractivity contribution in [3.63, 3.8) is 0 Å². The normalized spacial score (nSPS) is 10.6. The Morgan fingerprint density at radius 3 is 2.32 bits per heavy atom. The summed E-state index contributed by atoms with van der Waals surface area (Å²) in [6.45, 7) is 6.86. The van der Waals surface area contributed by atoms with Gasteiger partial charge in [0.1, 0.15) is 5.75 Å². The van der Waals surface area contributed by atoms with Gasteiger partial charge in [0.15, 0.2) is 0 Å². The van der Waals surface area contributed by atoms with Crippen LogP contribution in [-0.4, -0.2) is 16.1 Å². The van der Waals surface area contributed by atoms with Crippen LogP contribution in [0.2, 0.25) is 0 Å². The fourth-order valence-corrected chi connectivity index (χ4v) is 1.97. The smallest absolute Gasteiger partial charge is 0.303 e. The summed E-state index contributed by atoms with van der Waals surface area (Å²) in [6, 6.07) is 13.3. The summed E-state index contributed by atoms with van der Waals surface area (Å²) in [7, 11) is 0. The van der Waals surface area contributed by atoms with Crippen LogP contribution in [0.15, 0.2) is 48.7 Å². The first-order chi connectivity index (χ1) is 11.8. The van der Waals surface area contributed by atoms with E-state index in [0.717, 1.165) is 24.2 Å². The Balaban J connectivity index is 0.000000275. The van der Waals surface area contributed by atoms with Crippen LogP contribution in [0.25, 0.3) is 0 Å². The second-order valence-electron chi connectivity index (χ2n) is 6.93. The molecule has 0 atom stereocenters. The number of para-hydroxylation sites is 1. The number of nitrogens with zero attached hydrogens (tertiary/aromatic N) is 1. The fourth-order valence-electron chi connectivity index (χ4n) is 1.97. The maximum atomic E-state index is 10.1. The third-order valence-corrected chi connectivity index (χ3v) is 3.32. The highest BCUT2D eigenvalue weighted by molar-refractivity contribution is 5.66. The first-order valence-electron chi connectivity index (χ1n) is 8.40. The summed E-state index contributed by atoms with van der Waals surface area (Å²) in [6.07, 6.45) is 3.80. The third-order valence-electron chi connectivity index (χ3n) is 3.32. The van der Waals surface area contributed by atoms with Gasteiger partial charge in [0, 0.05) is 25.2 Å². The second-order valence-corrected chi connectivity index (χ2v) is 6.93. The zero-order valence-electron chi connectivity index (χ0n) is 15.2. The number of aromatic nitrogens is 1. The summed E-state index contributed by atoms with van der Waals surface area (Å²) in [4.78, 5) is 14.2. The number of aliphatic carboxylic acids is 1. The Morgan fingerprint density at radius 2 is 1.84 bits per heavy atom. The zero-order valence-corrected chi connectivity index (χ0v) is 15.2. The molecule has 0 aliphatic rings. The van der Waals surface area contributed by atoms with Crippen molar-refractivity contribution in [3.8, 4) is 11.6 Å². The van der Waals surface area contributed by atoms with Gasteiger partial charge < -0.3 is 15.6 Å². The second kappa shape index (κ2) is 10.5. The molecule has 2 aromatic rings. The van der Waals surface area contributed by atoms with Gasteiger partial charge in [0.25, 0.3) is 0 Å². The van der Waals surface area contributed by atoms with Crippen LogP contribution in [-0.2, 0) is 11.3 Å². The van der Waals surface area contributed by atoms with Crippen molar-refractivity contribution in [1.29, 1.82) is 0 Å². The maximum Gasteiger partial charge on any atom is 0.303 e. The number of rotatable bonds is 6. The predicted octanol–water partition coefficient (Wildman–Crippen LogP) is 4.62. The molecule has 0 saturated carbocycles. The lowest BCUT2D eigenvalue weighted by Gasteiger charge is -2.16. The largest absolute Gasteiger partial charge is 0.481 e. The zero-order chi connectivity index (χ0) is 18.7. The van der Waals surface area contributed by atoms with E-state index in [1.165, 1.54) is 0 Å². The highest BCUT2D eigenvalue weighted by Gasteiger charge is 2.09. The Labute approximate surface area is 149 Å². The number of pyridine rings is 1. The van der Waals surface area contributed by atoms with Gasteiger partial charge in [-0.3, -0.25) is 4.79 Å². The highest BCUT2D eigenvalue weighted by Crippen LogP contribution is 2.21. The van der Waals surface area contributed by atoms with Crippen LogP contribution >= 0.6 is 0 Å². The average molecular weight is 344 g/mol. The lowest BCUT2D eigenvalue weighted by Crippen LogP contribution is -2.05. The molecular weight excluding hydrogens is 316 g/mol. The van der Waals surface area contributed by atoms with E-state index >= 15 is 0 Å². The molecule has 1 aromatic carbocycles. The molecule has 136 valence electrons. The molecule has 5 heteroatoms. The summed E-state index contributed by atoms with van der Waals surface area (Å²) >= 11 is 0. The molecule has 0 bridgehead atoms. The van der Waals surface area contributed by atoms with Gasteiger partial charge in [-0.05, 0) is 36.0 Å². The lowest BCUT2D eigenvalue weighted by atomic mass is 9.90. The quantitative estimate of drug-likeness (QED) is 0.798. The Kier molecular flexibility index (Phi) is 8.64. The molecule has 0 fully saturated rings. The number of ether oxygens (including phenoxy) is 1. The topological polar surface area (TPSA) is 85.4 Å². The van der Waals surface area contributed by atoms with Gasteiger partial charge in [-0.25, -0.2) is 4.98 Å². The Bertz CT molecular complexity index is 620. The molecule has 0 aliphatic carbocycles. The van der Waals surface area contributed by atoms with Crippen LogP contribution in [0.3, 0.4) is 0 Å². The molecule has 0 unspecified atom stereocenters. The molecule has 3 N–H and O–H groups in total. The number of hydrogen-bond donors (Lipinski definition) is 2. The van der Waals surface area contributed by atoms with Gasteiger partial charge in [0.05, 0.1) is 0 Å². The van der Waals surface area contributed by atoms with E-state index in [-0.39, 0.29) is 5.41 Å². The summed E-state index contributed by atoms with van der Waals surface area (Å²) in [5, 5.41) is 8.31. The number of hydrogen-bond acceptors (Lipinski definition) is 4. The van der Waals surface area contributed by atoms with Gasteiger partial charge in [-0.2, -0.15) is 0 Å². The molecule has 25 heavy (non-hydrogen) atoms. The fraction of sp³-hybridized carbons (Fsp3) is 0.400. The summed E-state index contributed by atoms with van der Waals surface area (Å²) < 4.78 is 5.53. The van der Waals surface area contributed by atoms with E-state index in [1.54, 1.807) is 6.20 Å². The first kappa shape index (κ1) is 20.6. The van der Waals surface area contributed by atoms with Gasteiger partial charge in [-0.15, -0.1) is 0 Å². The van der Waals surface area contributed by atoms with Crippen molar-refractivity contribution in [2.45, 2.75) is 46.6 Å². The predicted molar refractivity (Wildman–Crippen MR) is 99.6 cm³/mol. The number of carboxylic acid groups (broad SMARTS) is 1. The molecule has 0 aliphatic heterocycles. The summed E-state index contributed by atoms with van der Waals surface area (Å²) in [5.74, 6) is 0.674. The minimum atomic E-state index is -0.691. The van der Waals surface area contributed by atoms with Crippen molar-refractivity contribution in [1.82, 2.24) is 4.98 Å². The van der Waals surface area contributed by atoms with E-state index < -0.39 is 5.97 Å². The standard InChI is InChI=1S/C12H12N2O.C8H16O2/c13-8-10-6-7-12(14-9-10)15-11-4-2-1-3-5-11;1-8(2,3)6-4-5-7(9)10/h1-7,9H,8,13H2;4-6H2,1-3H3,(H,9,10). The van der Waals surface area contributed by atoms with E-state index in [2.05, 4.69) is 25.8 Å². The summed E-state index contributed by atoms with van der Waals surface area (Å²) in [5.41, 5.74) is 6.74. The van der Waals surface area contributed by atoms with Crippen LogP contribution in [0, 0.1) is 5.41 Å². The van der Waals surface area contributed by atoms with E-state index in [4.69, 9.17) is 15.6 Å². The minimum absolute atomic E-state index is 0.273. The van der Waals surface area contributed by atoms with Crippen molar-refractivity contribution in [2.75, 3.05) is 0 Å². The molecule has 2 rings (SSSR count). The van der Waals surface area contributed by atoms with Crippen LogP contribution < -0.4 is 10.5 Å². The Hall–Kier alpha value is -2.40.